The highest BCUT2D eigenvalue weighted by Crippen LogP contribution is 2.38. The number of rotatable bonds is 3. The van der Waals surface area contributed by atoms with Crippen LogP contribution in [-0.2, 0) is 0 Å². The highest BCUT2D eigenvalue weighted by Gasteiger charge is 2.34. The van der Waals surface area contributed by atoms with Gasteiger partial charge in [-0.2, -0.15) is 0 Å². The van der Waals surface area contributed by atoms with Gasteiger partial charge >= 0.3 is 0 Å². The van der Waals surface area contributed by atoms with Crippen molar-refractivity contribution < 1.29 is 0 Å². The Hall–Kier alpha value is -0.880. The van der Waals surface area contributed by atoms with Crippen LogP contribution in [0, 0.1) is 4.77 Å². The van der Waals surface area contributed by atoms with Crippen molar-refractivity contribution in [3.05, 3.63) is 4.77 Å². The third kappa shape index (κ3) is 2.29. The lowest BCUT2D eigenvalue weighted by molar-refractivity contribution is 0.174. The summed E-state index contributed by atoms with van der Waals surface area (Å²) in [7, 11) is 0. The predicted octanol–water partition coefficient (Wildman–Crippen LogP) is 2.34. The van der Waals surface area contributed by atoms with Crippen LogP contribution in [0.15, 0.2) is 0 Å². The van der Waals surface area contributed by atoms with Gasteiger partial charge in [0.25, 0.3) is 0 Å². The van der Waals surface area contributed by atoms with E-state index in [0.717, 1.165) is 23.8 Å². The van der Waals surface area contributed by atoms with E-state index in [9.17, 15) is 0 Å². The predicted molar refractivity (Wildman–Crippen MR) is 81.7 cm³/mol. The summed E-state index contributed by atoms with van der Waals surface area (Å²) in [4.78, 5) is 5.12. The van der Waals surface area contributed by atoms with E-state index in [-0.39, 0.29) is 0 Å². The summed E-state index contributed by atoms with van der Waals surface area (Å²) in [5, 5.41) is 7.48. The molecular formula is C14H23N5S. The van der Waals surface area contributed by atoms with E-state index in [4.69, 9.17) is 12.2 Å². The van der Waals surface area contributed by atoms with Crippen molar-refractivity contribution in [2.24, 2.45) is 0 Å². The smallest absolute Gasteiger partial charge is 0.226 e. The van der Waals surface area contributed by atoms with Crippen LogP contribution in [0.3, 0.4) is 0 Å². The molecule has 1 N–H and O–H groups in total. The minimum atomic E-state index is 0.602. The maximum absolute atomic E-state index is 5.39. The average molecular weight is 293 g/mol. The Bertz CT molecular complexity index is 526. The van der Waals surface area contributed by atoms with Gasteiger partial charge in [0.05, 0.1) is 0 Å². The Morgan fingerprint density at radius 3 is 2.55 bits per heavy atom. The standard InChI is InChI=1S/C14H23N5S/c20-14-16-15-13(19(14)11-4-5-11)18-9-6-12(10-18)17-7-2-1-3-8-17/h11-12H,1-10H2,(H,16,20). The Morgan fingerprint density at radius 2 is 1.80 bits per heavy atom. The summed E-state index contributed by atoms with van der Waals surface area (Å²) in [6.07, 6.45) is 7.93. The summed E-state index contributed by atoms with van der Waals surface area (Å²) in [6.45, 7) is 4.81. The molecule has 3 fully saturated rings. The zero-order valence-electron chi connectivity index (χ0n) is 11.9. The molecule has 20 heavy (non-hydrogen) atoms. The summed E-state index contributed by atoms with van der Waals surface area (Å²) >= 11 is 5.39. The number of hydrogen-bond acceptors (Lipinski definition) is 4. The van der Waals surface area contributed by atoms with Crippen LogP contribution in [-0.4, -0.2) is 51.9 Å². The van der Waals surface area contributed by atoms with Gasteiger partial charge in [-0.15, -0.1) is 5.10 Å². The lowest BCUT2D eigenvalue weighted by Gasteiger charge is -2.32. The van der Waals surface area contributed by atoms with E-state index >= 15 is 0 Å². The Morgan fingerprint density at radius 1 is 1.00 bits per heavy atom. The number of likely N-dealkylation sites (tertiary alicyclic amines) is 1. The average Bonchev–Trinajstić information content (AvgIpc) is 3.06. The molecule has 1 atom stereocenters. The fourth-order valence-electron chi connectivity index (χ4n) is 3.69. The Balaban J connectivity index is 1.49. The molecule has 3 heterocycles. The fourth-order valence-corrected chi connectivity index (χ4v) is 3.96. The second-order valence-corrected chi connectivity index (χ2v) is 6.80. The third-order valence-electron chi connectivity index (χ3n) is 4.95. The van der Waals surface area contributed by atoms with Gasteiger partial charge in [0.2, 0.25) is 5.95 Å². The van der Waals surface area contributed by atoms with E-state index in [0.29, 0.717) is 12.1 Å². The van der Waals surface area contributed by atoms with Crippen molar-refractivity contribution in [2.75, 3.05) is 31.1 Å². The molecule has 6 heteroatoms. The summed E-state index contributed by atoms with van der Waals surface area (Å²) in [5.74, 6) is 1.08. The maximum Gasteiger partial charge on any atom is 0.226 e. The molecule has 3 aliphatic rings. The SMILES string of the molecule is S=c1[nH]nc(N2CCC(N3CCCCC3)C2)n1C1CC1. The molecule has 5 nitrogen and oxygen atoms in total. The first-order chi connectivity index (χ1) is 9.83. The molecule has 110 valence electrons. The molecule has 4 rings (SSSR count). The van der Waals surface area contributed by atoms with Gasteiger partial charge in [-0.1, -0.05) is 6.42 Å². The second-order valence-electron chi connectivity index (χ2n) is 6.42. The molecule has 1 aromatic rings. The van der Waals surface area contributed by atoms with Crippen molar-refractivity contribution in [1.29, 1.82) is 0 Å². The summed E-state index contributed by atoms with van der Waals surface area (Å²) in [6, 6.07) is 1.32. The topological polar surface area (TPSA) is 40.1 Å². The van der Waals surface area contributed by atoms with E-state index in [1.54, 1.807) is 0 Å². The third-order valence-corrected chi connectivity index (χ3v) is 5.24. The quantitative estimate of drug-likeness (QED) is 0.869. The first-order valence-electron chi connectivity index (χ1n) is 7.99. The monoisotopic (exact) mass is 293 g/mol. The normalized spacial score (nSPS) is 28.2. The number of hydrogen-bond donors (Lipinski definition) is 1. The van der Waals surface area contributed by atoms with Crippen LogP contribution in [0.25, 0.3) is 0 Å². The van der Waals surface area contributed by atoms with Crippen LogP contribution in [0.2, 0.25) is 0 Å². The summed E-state index contributed by atoms with van der Waals surface area (Å²) in [5.41, 5.74) is 0. The minimum Gasteiger partial charge on any atom is -0.339 e. The maximum atomic E-state index is 5.39. The molecule has 0 spiro atoms. The van der Waals surface area contributed by atoms with Crippen LogP contribution in [0.1, 0.15) is 44.6 Å². The molecular weight excluding hydrogens is 270 g/mol. The van der Waals surface area contributed by atoms with Crippen molar-refractivity contribution >= 4 is 18.2 Å². The lowest BCUT2D eigenvalue weighted by atomic mass is 10.1. The molecule has 1 aromatic heterocycles. The van der Waals surface area contributed by atoms with Crippen molar-refractivity contribution in [3.8, 4) is 0 Å². The molecule has 0 amide bonds. The van der Waals surface area contributed by atoms with Crippen molar-refractivity contribution in [1.82, 2.24) is 19.7 Å². The van der Waals surface area contributed by atoms with Crippen LogP contribution >= 0.6 is 12.2 Å². The number of nitrogens with zero attached hydrogens (tertiary/aromatic N) is 4. The molecule has 0 bridgehead atoms. The second kappa shape index (κ2) is 5.15. The zero-order chi connectivity index (χ0) is 13.5. The number of anilines is 1. The first kappa shape index (κ1) is 12.8. The van der Waals surface area contributed by atoms with Gasteiger partial charge in [0, 0.05) is 25.2 Å². The Kier molecular flexibility index (Phi) is 3.30. The van der Waals surface area contributed by atoms with Gasteiger partial charge in [-0.25, -0.2) is 5.10 Å². The molecule has 0 aromatic carbocycles. The van der Waals surface area contributed by atoms with E-state index in [2.05, 4.69) is 24.6 Å². The number of piperidine rings is 1. The zero-order valence-corrected chi connectivity index (χ0v) is 12.7. The van der Waals surface area contributed by atoms with E-state index < -0.39 is 0 Å². The molecule has 0 radical (unpaired) electrons. The summed E-state index contributed by atoms with van der Waals surface area (Å²) < 4.78 is 3.04. The molecule has 1 unspecified atom stereocenters. The Labute approximate surface area is 124 Å². The molecule has 1 aliphatic carbocycles. The molecule has 1 saturated carbocycles. The molecule has 2 aliphatic heterocycles. The fraction of sp³-hybridized carbons (Fsp3) is 0.857. The number of nitrogens with one attached hydrogen (secondary N) is 1. The molecule has 2 saturated heterocycles. The van der Waals surface area contributed by atoms with Gasteiger partial charge in [0.1, 0.15) is 0 Å². The highest BCUT2D eigenvalue weighted by molar-refractivity contribution is 7.71. The number of aromatic nitrogens is 3. The van der Waals surface area contributed by atoms with Crippen molar-refractivity contribution in [3.63, 3.8) is 0 Å². The lowest BCUT2D eigenvalue weighted by Crippen LogP contribution is -2.41. The van der Waals surface area contributed by atoms with E-state index in [1.165, 1.54) is 51.6 Å². The van der Waals surface area contributed by atoms with Gasteiger partial charge < -0.3 is 4.90 Å². The minimum absolute atomic E-state index is 0.602. The van der Waals surface area contributed by atoms with Crippen LogP contribution in [0.5, 0.6) is 0 Å². The van der Waals surface area contributed by atoms with Crippen LogP contribution in [0.4, 0.5) is 5.95 Å². The van der Waals surface area contributed by atoms with Gasteiger partial charge in [0.15, 0.2) is 4.77 Å². The van der Waals surface area contributed by atoms with Gasteiger partial charge in [-0.05, 0) is 57.4 Å². The van der Waals surface area contributed by atoms with Gasteiger partial charge in [-0.3, -0.25) is 9.47 Å². The number of aromatic amines is 1. The van der Waals surface area contributed by atoms with Crippen LogP contribution < -0.4 is 4.90 Å². The van der Waals surface area contributed by atoms with E-state index in [1.807, 2.05) is 0 Å². The number of H-pyrrole nitrogens is 1. The van der Waals surface area contributed by atoms with Crippen molar-refractivity contribution in [2.45, 2.75) is 50.6 Å². The highest BCUT2D eigenvalue weighted by atomic mass is 32.1. The largest absolute Gasteiger partial charge is 0.339 e. The first-order valence-corrected chi connectivity index (χ1v) is 8.39.